The molecule has 0 saturated carbocycles. The minimum absolute atomic E-state index is 0.0754. The van der Waals surface area contributed by atoms with Crippen LogP contribution in [0.1, 0.15) is 24.8 Å². The molecule has 2 N–H and O–H groups in total. The van der Waals surface area contributed by atoms with Gasteiger partial charge in [-0.15, -0.1) is 0 Å². The second kappa shape index (κ2) is 3.87. The quantitative estimate of drug-likeness (QED) is 0.783. The van der Waals surface area contributed by atoms with E-state index >= 15 is 0 Å². The van der Waals surface area contributed by atoms with Crippen LogP contribution in [0.2, 0.25) is 0 Å². The zero-order chi connectivity index (χ0) is 9.14. The van der Waals surface area contributed by atoms with E-state index in [1.54, 1.807) is 13.3 Å². The lowest BCUT2D eigenvalue weighted by Crippen LogP contribution is -2.14. The average Bonchev–Trinajstić information content (AvgIpc) is 2.50. The summed E-state index contributed by atoms with van der Waals surface area (Å²) >= 11 is 1.51. The first-order chi connectivity index (χ1) is 5.65. The normalized spacial score (nSPS) is 13.4. The van der Waals surface area contributed by atoms with E-state index in [-0.39, 0.29) is 6.04 Å². The van der Waals surface area contributed by atoms with Gasteiger partial charge in [0.25, 0.3) is 5.19 Å². The van der Waals surface area contributed by atoms with Crippen LogP contribution in [0.5, 0.6) is 5.19 Å². The van der Waals surface area contributed by atoms with Gasteiger partial charge < -0.3 is 10.5 Å². The first kappa shape index (κ1) is 9.48. The van der Waals surface area contributed by atoms with Crippen LogP contribution in [0.15, 0.2) is 6.20 Å². The number of hydrogen-bond acceptors (Lipinski definition) is 4. The van der Waals surface area contributed by atoms with Gasteiger partial charge in [0.2, 0.25) is 0 Å². The van der Waals surface area contributed by atoms with Crippen molar-refractivity contribution in [3.63, 3.8) is 0 Å². The van der Waals surface area contributed by atoms with Crippen LogP contribution in [0.3, 0.4) is 0 Å². The van der Waals surface area contributed by atoms with Crippen molar-refractivity contribution in [3.8, 4) is 5.19 Å². The molecule has 0 fully saturated rings. The van der Waals surface area contributed by atoms with Crippen molar-refractivity contribution in [3.05, 3.63) is 11.1 Å². The fourth-order valence-corrected chi connectivity index (χ4v) is 1.75. The molecular weight excluding hydrogens is 172 g/mol. The third-order valence-corrected chi connectivity index (χ3v) is 2.78. The van der Waals surface area contributed by atoms with Gasteiger partial charge in [0.1, 0.15) is 0 Å². The van der Waals surface area contributed by atoms with Crippen molar-refractivity contribution in [2.75, 3.05) is 7.11 Å². The highest BCUT2D eigenvalue weighted by molar-refractivity contribution is 7.13. The van der Waals surface area contributed by atoms with Crippen LogP contribution in [0, 0.1) is 5.92 Å². The van der Waals surface area contributed by atoms with Crippen molar-refractivity contribution < 1.29 is 4.74 Å². The Labute approximate surface area is 76.6 Å². The van der Waals surface area contributed by atoms with E-state index in [4.69, 9.17) is 10.5 Å². The van der Waals surface area contributed by atoms with Gasteiger partial charge >= 0.3 is 0 Å². The van der Waals surface area contributed by atoms with E-state index in [1.165, 1.54) is 11.3 Å². The minimum atomic E-state index is 0.0754. The summed E-state index contributed by atoms with van der Waals surface area (Å²) in [5.41, 5.74) is 5.92. The molecule has 0 spiro atoms. The van der Waals surface area contributed by atoms with E-state index in [2.05, 4.69) is 18.8 Å². The third-order valence-electron chi connectivity index (χ3n) is 1.72. The molecule has 0 aromatic carbocycles. The molecule has 1 rings (SSSR count). The Morgan fingerprint density at radius 1 is 1.58 bits per heavy atom. The molecule has 0 bridgehead atoms. The van der Waals surface area contributed by atoms with Gasteiger partial charge in [0.05, 0.1) is 7.11 Å². The second-order valence-corrected chi connectivity index (χ2v) is 4.03. The summed E-state index contributed by atoms with van der Waals surface area (Å²) in [6.45, 7) is 4.19. The van der Waals surface area contributed by atoms with Crippen LogP contribution < -0.4 is 10.5 Å². The summed E-state index contributed by atoms with van der Waals surface area (Å²) in [5.74, 6) is 0.440. The molecule has 4 heteroatoms. The van der Waals surface area contributed by atoms with Crippen molar-refractivity contribution in [2.45, 2.75) is 19.9 Å². The molecule has 0 amide bonds. The summed E-state index contributed by atoms with van der Waals surface area (Å²) in [7, 11) is 1.61. The fraction of sp³-hybridized carbons (Fsp3) is 0.625. The zero-order valence-electron chi connectivity index (χ0n) is 7.57. The smallest absolute Gasteiger partial charge is 0.273 e. The van der Waals surface area contributed by atoms with Crippen LogP contribution >= 0.6 is 11.3 Å². The maximum absolute atomic E-state index is 5.92. The predicted molar refractivity (Wildman–Crippen MR) is 50.4 cm³/mol. The molecular formula is C8H14N2OS. The number of thiazole rings is 1. The Hall–Kier alpha value is -0.610. The number of rotatable bonds is 3. The summed E-state index contributed by atoms with van der Waals surface area (Å²) in [6.07, 6.45) is 1.79. The number of methoxy groups -OCH3 is 1. The Bertz CT molecular complexity index is 247. The average molecular weight is 186 g/mol. The predicted octanol–water partition coefficient (Wildman–Crippen LogP) is 1.81. The first-order valence-electron chi connectivity index (χ1n) is 3.90. The summed E-state index contributed by atoms with van der Waals surface area (Å²) < 4.78 is 4.98. The molecule has 1 aromatic heterocycles. The number of hydrogen-bond donors (Lipinski definition) is 1. The second-order valence-electron chi connectivity index (χ2n) is 3.00. The molecule has 0 radical (unpaired) electrons. The van der Waals surface area contributed by atoms with Gasteiger partial charge in [0.15, 0.2) is 0 Å². The Morgan fingerprint density at radius 3 is 2.67 bits per heavy atom. The summed E-state index contributed by atoms with van der Waals surface area (Å²) in [4.78, 5) is 5.14. The van der Waals surface area contributed by atoms with Crippen LogP contribution in [0.4, 0.5) is 0 Å². The third kappa shape index (κ3) is 1.95. The van der Waals surface area contributed by atoms with E-state index in [1.807, 2.05) is 0 Å². The lowest BCUT2D eigenvalue weighted by molar-refractivity contribution is 0.412. The van der Waals surface area contributed by atoms with Crippen LogP contribution in [-0.4, -0.2) is 12.1 Å². The summed E-state index contributed by atoms with van der Waals surface area (Å²) in [5, 5.41) is 0.682. The number of nitrogens with zero attached hydrogens (tertiary/aromatic N) is 1. The molecule has 1 heterocycles. The minimum Gasteiger partial charge on any atom is -0.473 e. The molecule has 0 aliphatic heterocycles. The van der Waals surface area contributed by atoms with Crippen molar-refractivity contribution in [1.29, 1.82) is 0 Å². The van der Waals surface area contributed by atoms with Gasteiger partial charge in [-0.05, 0) is 5.92 Å². The molecule has 68 valence electrons. The molecule has 1 unspecified atom stereocenters. The van der Waals surface area contributed by atoms with Gasteiger partial charge in [-0.3, -0.25) is 0 Å². The highest BCUT2D eigenvalue weighted by Gasteiger charge is 2.13. The molecule has 1 aromatic rings. The number of nitrogens with two attached hydrogens (primary N) is 1. The molecule has 0 saturated heterocycles. The van der Waals surface area contributed by atoms with Crippen molar-refractivity contribution >= 4 is 11.3 Å². The van der Waals surface area contributed by atoms with Gasteiger partial charge in [-0.25, -0.2) is 4.98 Å². The Morgan fingerprint density at radius 2 is 2.25 bits per heavy atom. The molecule has 0 aliphatic rings. The highest BCUT2D eigenvalue weighted by Crippen LogP contribution is 2.28. The fourth-order valence-electron chi connectivity index (χ4n) is 0.847. The van der Waals surface area contributed by atoms with Crippen LogP contribution in [0.25, 0.3) is 0 Å². The van der Waals surface area contributed by atoms with Gasteiger partial charge in [-0.2, -0.15) is 0 Å². The van der Waals surface area contributed by atoms with Crippen molar-refractivity contribution in [2.24, 2.45) is 11.7 Å². The standard InChI is InChI=1S/C8H14N2OS/c1-5(2)7(9)6-4-10-8(11-3)12-6/h4-5,7H,9H2,1-3H3. The molecule has 0 aliphatic carbocycles. The SMILES string of the molecule is COc1ncc(C(N)C(C)C)s1. The lowest BCUT2D eigenvalue weighted by atomic mass is 10.1. The number of ether oxygens (including phenoxy) is 1. The number of aromatic nitrogens is 1. The Kier molecular flexibility index (Phi) is 3.05. The summed E-state index contributed by atoms with van der Waals surface area (Å²) in [6, 6.07) is 0.0754. The molecule has 12 heavy (non-hydrogen) atoms. The monoisotopic (exact) mass is 186 g/mol. The van der Waals surface area contributed by atoms with Gasteiger partial charge in [-0.1, -0.05) is 25.2 Å². The van der Waals surface area contributed by atoms with Gasteiger partial charge in [0, 0.05) is 17.1 Å². The van der Waals surface area contributed by atoms with Crippen LogP contribution in [-0.2, 0) is 0 Å². The van der Waals surface area contributed by atoms with E-state index in [0.717, 1.165) is 4.88 Å². The zero-order valence-corrected chi connectivity index (χ0v) is 8.39. The lowest BCUT2D eigenvalue weighted by Gasteiger charge is -2.11. The van der Waals surface area contributed by atoms with E-state index in [0.29, 0.717) is 11.1 Å². The van der Waals surface area contributed by atoms with E-state index in [9.17, 15) is 0 Å². The first-order valence-corrected chi connectivity index (χ1v) is 4.72. The largest absolute Gasteiger partial charge is 0.473 e. The maximum atomic E-state index is 5.92. The molecule has 1 atom stereocenters. The Balaban J connectivity index is 2.74. The highest BCUT2D eigenvalue weighted by atomic mass is 32.1. The van der Waals surface area contributed by atoms with E-state index < -0.39 is 0 Å². The maximum Gasteiger partial charge on any atom is 0.273 e. The molecule has 3 nitrogen and oxygen atoms in total. The van der Waals surface area contributed by atoms with Crippen molar-refractivity contribution in [1.82, 2.24) is 4.98 Å². The topological polar surface area (TPSA) is 48.1 Å².